The third-order valence-corrected chi connectivity index (χ3v) is 6.49. The van der Waals surface area contributed by atoms with Crippen molar-refractivity contribution in [2.45, 2.75) is 38.6 Å². The first-order valence-corrected chi connectivity index (χ1v) is 10.7. The molecule has 29 heavy (non-hydrogen) atoms. The zero-order chi connectivity index (χ0) is 19.8. The zero-order valence-corrected chi connectivity index (χ0v) is 16.7. The number of ether oxygens (including phenoxy) is 2. The third kappa shape index (κ3) is 3.48. The summed E-state index contributed by atoms with van der Waals surface area (Å²) >= 11 is 1.61. The zero-order valence-electron chi connectivity index (χ0n) is 15.9. The number of aromatic nitrogens is 2. The topological polar surface area (TPSA) is 82.5 Å². The molecule has 2 aromatic heterocycles. The van der Waals surface area contributed by atoms with Gasteiger partial charge in [0.25, 0.3) is 5.56 Å². The van der Waals surface area contributed by atoms with Crippen LogP contribution < -0.4 is 20.3 Å². The largest absolute Gasteiger partial charge is 0.490 e. The highest BCUT2D eigenvalue weighted by Gasteiger charge is 2.20. The van der Waals surface area contributed by atoms with E-state index in [4.69, 9.17) is 9.47 Å². The van der Waals surface area contributed by atoms with Crippen molar-refractivity contribution in [1.29, 1.82) is 0 Å². The number of amides is 1. The smallest absolute Gasteiger partial charge is 0.262 e. The van der Waals surface area contributed by atoms with E-state index in [1.165, 1.54) is 15.8 Å². The average molecular weight is 411 g/mol. The van der Waals surface area contributed by atoms with Gasteiger partial charge in [-0.1, -0.05) is 0 Å². The van der Waals surface area contributed by atoms with E-state index in [1.54, 1.807) is 29.5 Å². The van der Waals surface area contributed by atoms with Gasteiger partial charge in [0.2, 0.25) is 5.91 Å². The standard InChI is InChI=1S/C21H21N3O4S/c25-18(23-13-6-7-15-16(10-13)28-9-3-8-27-15)11-24-12-22-20-19(21(24)26)14-4-1-2-5-17(14)29-20/h6-7,10,12H,1-5,8-9,11H2,(H,23,25). The van der Waals surface area contributed by atoms with Crippen molar-refractivity contribution in [3.63, 3.8) is 0 Å². The number of hydrogen-bond donors (Lipinski definition) is 1. The second kappa shape index (κ2) is 7.51. The molecular formula is C21H21N3O4S. The lowest BCUT2D eigenvalue weighted by molar-refractivity contribution is -0.116. The van der Waals surface area contributed by atoms with E-state index in [1.807, 2.05) is 0 Å². The summed E-state index contributed by atoms with van der Waals surface area (Å²) < 4.78 is 12.7. The minimum atomic E-state index is -0.285. The molecule has 1 aromatic carbocycles. The van der Waals surface area contributed by atoms with Crippen molar-refractivity contribution in [3.05, 3.63) is 45.3 Å². The Morgan fingerprint density at radius 3 is 2.86 bits per heavy atom. The third-order valence-electron chi connectivity index (χ3n) is 5.29. The van der Waals surface area contributed by atoms with Crippen LogP contribution in [0.15, 0.2) is 29.3 Å². The SMILES string of the molecule is O=C(Cn1cnc2sc3c(c2c1=O)CCCC3)Nc1ccc2c(c1)OCCCO2. The van der Waals surface area contributed by atoms with Gasteiger partial charge in [0.1, 0.15) is 11.4 Å². The van der Waals surface area contributed by atoms with Crippen LogP contribution in [-0.4, -0.2) is 28.7 Å². The highest BCUT2D eigenvalue weighted by atomic mass is 32.1. The average Bonchev–Trinajstić information content (AvgIpc) is 2.94. The molecule has 0 spiro atoms. The maximum Gasteiger partial charge on any atom is 0.262 e. The Morgan fingerprint density at radius 2 is 1.97 bits per heavy atom. The second-order valence-corrected chi connectivity index (χ2v) is 8.41. The minimum absolute atomic E-state index is 0.0825. The summed E-state index contributed by atoms with van der Waals surface area (Å²) in [4.78, 5) is 32.0. The van der Waals surface area contributed by atoms with Gasteiger partial charge >= 0.3 is 0 Å². The number of nitrogens with one attached hydrogen (secondary N) is 1. The van der Waals surface area contributed by atoms with Crippen molar-refractivity contribution in [1.82, 2.24) is 9.55 Å². The highest BCUT2D eigenvalue weighted by Crippen LogP contribution is 2.34. The molecule has 7 nitrogen and oxygen atoms in total. The number of thiophene rings is 1. The fourth-order valence-corrected chi connectivity index (χ4v) is 5.11. The number of carbonyl (C=O) groups is 1. The number of fused-ring (bicyclic) bond motifs is 4. The van der Waals surface area contributed by atoms with E-state index in [2.05, 4.69) is 10.3 Å². The van der Waals surface area contributed by atoms with Crippen LogP contribution in [0.5, 0.6) is 11.5 Å². The van der Waals surface area contributed by atoms with Gasteiger partial charge in [0, 0.05) is 23.1 Å². The Hall–Kier alpha value is -2.87. The quantitative estimate of drug-likeness (QED) is 0.716. The molecule has 8 heteroatoms. The number of anilines is 1. The summed E-state index contributed by atoms with van der Waals surface area (Å²) in [6.45, 7) is 1.11. The molecule has 2 aliphatic rings. The summed E-state index contributed by atoms with van der Waals surface area (Å²) in [6, 6.07) is 5.30. The first-order chi connectivity index (χ1) is 14.2. The monoisotopic (exact) mass is 411 g/mol. The van der Waals surface area contributed by atoms with Crippen molar-refractivity contribution in [3.8, 4) is 11.5 Å². The molecule has 3 heterocycles. The van der Waals surface area contributed by atoms with Crippen molar-refractivity contribution in [2.75, 3.05) is 18.5 Å². The fourth-order valence-electron chi connectivity index (χ4n) is 3.89. The first kappa shape index (κ1) is 18.2. The molecule has 0 radical (unpaired) electrons. The first-order valence-electron chi connectivity index (χ1n) is 9.88. The van der Waals surface area contributed by atoms with Gasteiger partial charge < -0.3 is 14.8 Å². The van der Waals surface area contributed by atoms with Crippen LogP contribution in [0.3, 0.4) is 0 Å². The van der Waals surface area contributed by atoms with Crippen LogP contribution in [0, 0.1) is 0 Å². The predicted octanol–water partition coefficient (Wildman–Crippen LogP) is 3.14. The molecule has 1 amide bonds. The molecule has 1 aliphatic heterocycles. The molecule has 5 rings (SSSR count). The maximum absolute atomic E-state index is 13.0. The van der Waals surface area contributed by atoms with Crippen LogP contribution in [0.1, 0.15) is 29.7 Å². The predicted molar refractivity (Wildman–Crippen MR) is 111 cm³/mol. The lowest BCUT2D eigenvalue weighted by atomic mass is 9.97. The van der Waals surface area contributed by atoms with Crippen molar-refractivity contribution >= 4 is 33.1 Å². The van der Waals surface area contributed by atoms with Gasteiger partial charge in [0.15, 0.2) is 11.5 Å². The summed E-state index contributed by atoms with van der Waals surface area (Å²) in [5.74, 6) is 1.01. The van der Waals surface area contributed by atoms with Crippen molar-refractivity contribution < 1.29 is 14.3 Å². The number of aryl methyl sites for hydroxylation is 2. The van der Waals surface area contributed by atoms with E-state index in [-0.39, 0.29) is 18.0 Å². The van der Waals surface area contributed by atoms with E-state index >= 15 is 0 Å². The van der Waals surface area contributed by atoms with Crippen molar-refractivity contribution in [2.24, 2.45) is 0 Å². The molecule has 0 fully saturated rings. The fraction of sp³-hybridized carbons (Fsp3) is 0.381. The lowest BCUT2D eigenvalue weighted by Crippen LogP contribution is -2.28. The van der Waals surface area contributed by atoms with Gasteiger partial charge in [-0.3, -0.25) is 14.2 Å². The van der Waals surface area contributed by atoms with E-state index in [0.29, 0.717) is 35.8 Å². The molecule has 0 bridgehead atoms. The Kier molecular flexibility index (Phi) is 4.71. The number of hydrogen-bond acceptors (Lipinski definition) is 6. The van der Waals surface area contributed by atoms with E-state index in [0.717, 1.165) is 42.5 Å². The Bertz CT molecular complexity index is 1150. The van der Waals surface area contributed by atoms with Crippen LogP contribution in [0.4, 0.5) is 5.69 Å². The Morgan fingerprint density at radius 1 is 1.14 bits per heavy atom. The molecule has 0 atom stereocenters. The number of carbonyl (C=O) groups excluding carboxylic acids is 1. The summed E-state index contributed by atoms with van der Waals surface area (Å²) in [6.07, 6.45) is 6.48. The molecule has 0 unspecified atom stereocenters. The lowest BCUT2D eigenvalue weighted by Gasteiger charge is -2.12. The summed E-state index contributed by atoms with van der Waals surface area (Å²) in [5, 5.41) is 3.52. The number of nitrogens with zero attached hydrogens (tertiary/aromatic N) is 2. The maximum atomic E-state index is 13.0. The second-order valence-electron chi connectivity index (χ2n) is 7.33. The normalized spacial score (nSPS) is 15.6. The van der Waals surface area contributed by atoms with Crippen LogP contribution >= 0.6 is 11.3 Å². The van der Waals surface area contributed by atoms with Gasteiger partial charge in [0.05, 0.1) is 24.9 Å². The van der Waals surface area contributed by atoms with Crippen LogP contribution in [-0.2, 0) is 24.2 Å². The van der Waals surface area contributed by atoms with Gasteiger partial charge in [-0.05, 0) is 43.4 Å². The minimum Gasteiger partial charge on any atom is -0.490 e. The number of rotatable bonds is 3. The van der Waals surface area contributed by atoms with Gasteiger partial charge in [-0.2, -0.15) is 0 Å². The van der Waals surface area contributed by atoms with E-state index < -0.39 is 0 Å². The van der Waals surface area contributed by atoms with Gasteiger partial charge in [-0.25, -0.2) is 4.98 Å². The summed E-state index contributed by atoms with van der Waals surface area (Å²) in [5.41, 5.74) is 1.60. The van der Waals surface area contributed by atoms with Crippen LogP contribution in [0.2, 0.25) is 0 Å². The number of benzene rings is 1. The Balaban J connectivity index is 1.37. The van der Waals surface area contributed by atoms with Crippen LogP contribution in [0.25, 0.3) is 10.2 Å². The molecule has 3 aromatic rings. The summed E-state index contributed by atoms with van der Waals surface area (Å²) in [7, 11) is 0. The van der Waals surface area contributed by atoms with Gasteiger partial charge in [-0.15, -0.1) is 11.3 Å². The molecular weight excluding hydrogens is 390 g/mol. The highest BCUT2D eigenvalue weighted by molar-refractivity contribution is 7.18. The Labute approximate surface area is 171 Å². The molecule has 1 N–H and O–H groups in total. The molecule has 0 saturated carbocycles. The molecule has 0 saturated heterocycles. The molecule has 150 valence electrons. The molecule has 1 aliphatic carbocycles. The van der Waals surface area contributed by atoms with E-state index in [9.17, 15) is 9.59 Å².